The fourth-order valence-electron chi connectivity index (χ4n) is 4.06. The van der Waals surface area contributed by atoms with E-state index in [1.165, 1.54) is 5.56 Å². The Morgan fingerprint density at radius 1 is 0.970 bits per heavy atom. The number of rotatable bonds is 8. The second kappa shape index (κ2) is 10.5. The number of benzene rings is 2. The molecule has 33 heavy (non-hydrogen) atoms. The molecule has 0 spiro atoms. The highest BCUT2D eigenvalue weighted by molar-refractivity contribution is 7.89. The molecule has 4 rings (SSSR count). The maximum Gasteiger partial charge on any atom is 0.243 e. The molecule has 6 nitrogen and oxygen atoms in total. The van der Waals surface area contributed by atoms with Gasteiger partial charge in [0.15, 0.2) is 0 Å². The molecule has 0 bridgehead atoms. The molecule has 174 valence electrons. The third kappa shape index (κ3) is 6.00. The predicted octanol–water partition coefficient (Wildman–Crippen LogP) is 3.20. The van der Waals surface area contributed by atoms with E-state index in [4.69, 9.17) is 0 Å². The van der Waals surface area contributed by atoms with Crippen molar-refractivity contribution in [2.45, 2.75) is 17.5 Å². The van der Waals surface area contributed by atoms with E-state index in [0.29, 0.717) is 6.07 Å². The number of aromatic nitrogens is 1. The van der Waals surface area contributed by atoms with Crippen molar-refractivity contribution in [1.29, 1.82) is 0 Å². The fraction of sp³-hybridized carbons (Fsp3) is 0.292. The fourth-order valence-corrected chi connectivity index (χ4v) is 5.18. The molecule has 1 saturated heterocycles. The number of piperazine rings is 1. The van der Waals surface area contributed by atoms with E-state index in [2.05, 4.69) is 31.6 Å². The summed E-state index contributed by atoms with van der Waals surface area (Å²) in [6, 6.07) is 16.1. The number of sulfonamides is 1. The van der Waals surface area contributed by atoms with Gasteiger partial charge in [0.2, 0.25) is 10.0 Å². The molecular weight excluding hydrogens is 446 g/mol. The summed E-state index contributed by atoms with van der Waals surface area (Å²) in [7, 11) is -4.23. The normalized spacial score (nSPS) is 16.5. The quantitative estimate of drug-likeness (QED) is 0.546. The van der Waals surface area contributed by atoms with Gasteiger partial charge in [-0.2, -0.15) is 0 Å². The largest absolute Gasteiger partial charge is 0.297 e. The number of hydrogen-bond acceptors (Lipinski definition) is 5. The second-order valence-corrected chi connectivity index (χ2v) is 9.76. The summed E-state index contributed by atoms with van der Waals surface area (Å²) in [5, 5.41) is 0. The maximum absolute atomic E-state index is 14.1. The number of nitrogens with one attached hydrogen (secondary N) is 1. The zero-order valence-corrected chi connectivity index (χ0v) is 18.9. The van der Waals surface area contributed by atoms with Crippen LogP contribution in [0.1, 0.15) is 17.2 Å². The van der Waals surface area contributed by atoms with Gasteiger partial charge in [-0.15, -0.1) is 0 Å². The Labute approximate surface area is 192 Å². The van der Waals surface area contributed by atoms with Crippen molar-refractivity contribution in [3.05, 3.63) is 95.8 Å². The molecule has 1 aliphatic heterocycles. The van der Waals surface area contributed by atoms with Crippen molar-refractivity contribution in [1.82, 2.24) is 19.5 Å². The van der Waals surface area contributed by atoms with Gasteiger partial charge < -0.3 is 0 Å². The zero-order chi connectivity index (χ0) is 23.3. The Balaban J connectivity index is 1.46. The van der Waals surface area contributed by atoms with Gasteiger partial charge in [0, 0.05) is 57.7 Å². The average Bonchev–Trinajstić information content (AvgIpc) is 2.83. The molecule has 1 aliphatic rings. The average molecular weight is 473 g/mol. The van der Waals surface area contributed by atoms with E-state index in [0.717, 1.165) is 50.4 Å². The molecule has 1 aromatic heterocycles. The first kappa shape index (κ1) is 23.4. The Hall–Kier alpha value is -2.72. The van der Waals surface area contributed by atoms with Crippen molar-refractivity contribution >= 4 is 10.0 Å². The minimum atomic E-state index is -4.23. The van der Waals surface area contributed by atoms with Gasteiger partial charge in [0.05, 0.1) is 0 Å². The van der Waals surface area contributed by atoms with Crippen LogP contribution in [0, 0.1) is 11.6 Å². The van der Waals surface area contributed by atoms with Gasteiger partial charge in [-0.25, -0.2) is 21.9 Å². The zero-order valence-electron chi connectivity index (χ0n) is 18.1. The van der Waals surface area contributed by atoms with Gasteiger partial charge in [-0.3, -0.25) is 14.8 Å². The molecule has 0 unspecified atom stereocenters. The Bertz CT molecular complexity index is 1160. The lowest BCUT2D eigenvalue weighted by Crippen LogP contribution is -2.49. The van der Waals surface area contributed by atoms with Crippen molar-refractivity contribution in [3.8, 4) is 0 Å². The summed E-state index contributed by atoms with van der Waals surface area (Å²) < 4.78 is 55.5. The van der Waals surface area contributed by atoms with Crippen LogP contribution in [0.4, 0.5) is 8.78 Å². The number of hydrogen-bond donors (Lipinski definition) is 1. The predicted molar refractivity (Wildman–Crippen MR) is 122 cm³/mol. The topological polar surface area (TPSA) is 65.5 Å². The van der Waals surface area contributed by atoms with Crippen LogP contribution in [0.5, 0.6) is 0 Å². The molecular formula is C24H26F2N4O2S. The highest BCUT2D eigenvalue weighted by Gasteiger charge is 2.28. The monoisotopic (exact) mass is 472 g/mol. The van der Waals surface area contributed by atoms with E-state index in [9.17, 15) is 17.2 Å². The van der Waals surface area contributed by atoms with Crippen LogP contribution >= 0.6 is 0 Å². The lowest BCUT2D eigenvalue weighted by Gasteiger charge is -2.39. The third-order valence-electron chi connectivity index (χ3n) is 5.82. The molecule has 0 aliphatic carbocycles. The summed E-state index contributed by atoms with van der Waals surface area (Å²) in [6.45, 7) is 4.01. The van der Waals surface area contributed by atoms with E-state index >= 15 is 0 Å². The van der Waals surface area contributed by atoms with Gasteiger partial charge in [0.25, 0.3) is 0 Å². The first-order chi connectivity index (χ1) is 15.9. The molecule has 2 aromatic carbocycles. The molecule has 0 radical (unpaired) electrons. The molecule has 3 aromatic rings. The maximum atomic E-state index is 14.1. The Morgan fingerprint density at radius 3 is 2.42 bits per heavy atom. The smallest absolute Gasteiger partial charge is 0.243 e. The molecule has 0 amide bonds. The van der Waals surface area contributed by atoms with Gasteiger partial charge in [0.1, 0.15) is 16.5 Å². The summed E-state index contributed by atoms with van der Waals surface area (Å²) >= 11 is 0. The Morgan fingerprint density at radius 2 is 1.73 bits per heavy atom. The summed E-state index contributed by atoms with van der Waals surface area (Å²) in [5.41, 5.74) is 2.11. The van der Waals surface area contributed by atoms with Crippen molar-refractivity contribution in [3.63, 3.8) is 0 Å². The number of nitrogens with zero attached hydrogens (tertiary/aromatic N) is 3. The standard InChI is InChI=1S/C24H26F2N4O2S/c25-21-8-9-22(26)24(15-21)33(31,32)28-17-23(20-7-4-10-27-16-20)30-13-11-29(12-14-30)18-19-5-2-1-3-6-19/h1-10,15-16,23,28H,11-14,17-18H2/t23-/m0/s1. The molecule has 1 atom stereocenters. The van der Waals surface area contributed by atoms with Crippen LogP contribution in [0.3, 0.4) is 0 Å². The van der Waals surface area contributed by atoms with Crippen molar-refractivity contribution in [2.75, 3.05) is 32.7 Å². The van der Waals surface area contributed by atoms with Crippen molar-refractivity contribution < 1.29 is 17.2 Å². The highest BCUT2D eigenvalue weighted by Crippen LogP contribution is 2.23. The summed E-state index contributed by atoms with van der Waals surface area (Å²) in [5.74, 6) is -1.80. The first-order valence-electron chi connectivity index (χ1n) is 10.8. The van der Waals surface area contributed by atoms with Crippen LogP contribution in [0.25, 0.3) is 0 Å². The number of halogens is 2. The third-order valence-corrected chi connectivity index (χ3v) is 7.25. The molecule has 9 heteroatoms. The van der Waals surface area contributed by atoms with E-state index in [1.54, 1.807) is 18.5 Å². The molecule has 1 N–H and O–H groups in total. The van der Waals surface area contributed by atoms with E-state index in [-0.39, 0.29) is 12.6 Å². The van der Waals surface area contributed by atoms with E-state index in [1.807, 2.05) is 24.3 Å². The van der Waals surface area contributed by atoms with Gasteiger partial charge in [-0.05, 0) is 35.4 Å². The first-order valence-corrected chi connectivity index (χ1v) is 12.3. The van der Waals surface area contributed by atoms with Crippen LogP contribution in [0.2, 0.25) is 0 Å². The van der Waals surface area contributed by atoms with E-state index < -0.39 is 26.6 Å². The SMILES string of the molecule is O=S(=O)(NC[C@@H](c1cccnc1)N1CCN(Cc2ccccc2)CC1)c1cc(F)ccc1F. The van der Waals surface area contributed by atoms with Crippen LogP contribution in [-0.2, 0) is 16.6 Å². The summed E-state index contributed by atoms with van der Waals surface area (Å²) in [4.78, 5) is 8.04. The molecule has 2 heterocycles. The van der Waals surface area contributed by atoms with Crippen LogP contribution in [0.15, 0.2) is 78.0 Å². The van der Waals surface area contributed by atoms with Crippen molar-refractivity contribution in [2.24, 2.45) is 0 Å². The summed E-state index contributed by atoms with van der Waals surface area (Å²) in [6.07, 6.45) is 3.36. The number of pyridine rings is 1. The lowest BCUT2D eigenvalue weighted by molar-refractivity contribution is 0.0926. The molecule has 0 saturated carbocycles. The Kier molecular flexibility index (Phi) is 7.44. The minimum Gasteiger partial charge on any atom is -0.297 e. The van der Waals surface area contributed by atoms with Crippen LogP contribution in [-0.4, -0.2) is 55.9 Å². The second-order valence-electron chi connectivity index (χ2n) is 8.03. The lowest BCUT2D eigenvalue weighted by atomic mass is 10.1. The van der Waals surface area contributed by atoms with Gasteiger partial charge in [-0.1, -0.05) is 36.4 Å². The molecule has 1 fully saturated rings. The van der Waals surface area contributed by atoms with Gasteiger partial charge >= 0.3 is 0 Å². The van der Waals surface area contributed by atoms with Crippen LogP contribution < -0.4 is 4.72 Å². The highest BCUT2D eigenvalue weighted by atomic mass is 32.2. The minimum absolute atomic E-state index is 0.0165.